The van der Waals surface area contributed by atoms with E-state index in [4.69, 9.17) is 9.47 Å². The van der Waals surface area contributed by atoms with Crippen LogP contribution in [0.15, 0.2) is 78.4 Å². The fourth-order valence-electron chi connectivity index (χ4n) is 2.78. The van der Waals surface area contributed by atoms with Crippen molar-refractivity contribution in [2.45, 2.75) is 6.61 Å². The van der Waals surface area contributed by atoms with Crippen LogP contribution in [-0.2, 0) is 11.4 Å². The van der Waals surface area contributed by atoms with Gasteiger partial charge in [0.1, 0.15) is 29.7 Å². The summed E-state index contributed by atoms with van der Waals surface area (Å²) in [5.41, 5.74) is 1.73. The maximum absolute atomic E-state index is 12.6. The number of carbonyl (C=O) groups is 1. The molecule has 3 aromatic carbocycles. The van der Waals surface area contributed by atoms with Crippen molar-refractivity contribution in [2.24, 2.45) is 0 Å². The lowest BCUT2D eigenvalue weighted by atomic mass is 10.1. The Morgan fingerprint density at radius 3 is 2.41 bits per heavy atom. The fraction of sp³-hybridized carbons (Fsp3) is 0.0833. The molecule has 0 aliphatic carbocycles. The molecule has 0 aliphatic rings. The van der Waals surface area contributed by atoms with Crippen molar-refractivity contribution in [1.82, 2.24) is 0 Å². The third-order valence-corrected chi connectivity index (χ3v) is 4.47. The molecule has 0 fully saturated rings. The van der Waals surface area contributed by atoms with Crippen LogP contribution < -0.4 is 14.8 Å². The lowest BCUT2D eigenvalue weighted by Gasteiger charge is -2.10. The second-order valence-electron chi connectivity index (χ2n) is 6.60. The molecule has 8 nitrogen and oxygen atoms in total. The van der Waals surface area contributed by atoms with Crippen LogP contribution in [0.4, 0.5) is 11.4 Å². The highest BCUT2D eigenvalue weighted by Gasteiger charge is 2.12. The Bertz CT molecular complexity index is 1180. The minimum Gasteiger partial charge on any atom is -0.497 e. The van der Waals surface area contributed by atoms with Gasteiger partial charge >= 0.3 is 0 Å². The van der Waals surface area contributed by atoms with Crippen molar-refractivity contribution in [3.63, 3.8) is 0 Å². The predicted octanol–water partition coefficient (Wildman–Crippen LogP) is 4.73. The van der Waals surface area contributed by atoms with Gasteiger partial charge in [-0.05, 0) is 54.1 Å². The molecule has 8 heteroatoms. The van der Waals surface area contributed by atoms with E-state index < -0.39 is 10.8 Å². The van der Waals surface area contributed by atoms with E-state index in [1.165, 1.54) is 18.2 Å². The first-order valence-electron chi connectivity index (χ1n) is 9.52. The Kier molecular flexibility index (Phi) is 7.17. The Balaban J connectivity index is 1.74. The lowest BCUT2D eigenvalue weighted by molar-refractivity contribution is -0.384. The Labute approximate surface area is 184 Å². The van der Waals surface area contributed by atoms with Gasteiger partial charge in [-0.3, -0.25) is 14.9 Å². The van der Waals surface area contributed by atoms with Gasteiger partial charge in [0.25, 0.3) is 11.6 Å². The number of anilines is 1. The third-order valence-electron chi connectivity index (χ3n) is 4.47. The number of methoxy groups -OCH3 is 1. The summed E-state index contributed by atoms with van der Waals surface area (Å²) in [6, 6.07) is 21.7. The second kappa shape index (κ2) is 10.4. The molecule has 0 saturated carbocycles. The monoisotopic (exact) mass is 429 g/mol. The number of hydrogen-bond acceptors (Lipinski definition) is 6. The van der Waals surface area contributed by atoms with Crippen LogP contribution in [0.1, 0.15) is 11.1 Å². The topological polar surface area (TPSA) is 114 Å². The zero-order valence-electron chi connectivity index (χ0n) is 17.1. The number of ether oxygens (including phenoxy) is 2. The van der Waals surface area contributed by atoms with Crippen molar-refractivity contribution < 1.29 is 19.2 Å². The van der Waals surface area contributed by atoms with Gasteiger partial charge in [0.2, 0.25) is 0 Å². The van der Waals surface area contributed by atoms with Gasteiger partial charge in [0.05, 0.1) is 12.0 Å². The summed E-state index contributed by atoms with van der Waals surface area (Å²) in [5.74, 6) is 0.567. The molecule has 0 spiro atoms. The van der Waals surface area contributed by atoms with Gasteiger partial charge in [-0.15, -0.1) is 0 Å². The Morgan fingerprint density at radius 1 is 1.09 bits per heavy atom. The highest BCUT2D eigenvalue weighted by atomic mass is 16.6. The zero-order valence-corrected chi connectivity index (χ0v) is 17.1. The van der Waals surface area contributed by atoms with Crippen LogP contribution in [0, 0.1) is 21.4 Å². The maximum Gasteiger partial charge on any atom is 0.269 e. The highest BCUT2D eigenvalue weighted by molar-refractivity contribution is 6.09. The van der Waals surface area contributed by atoms with Crippen LogP contribution in [0.2, 0.25) is 0 Å². The van der Waals surface area contributed by atoms with E-state index in [0.29, 0.717) is 22.7 Å². The number of para-hydroxylation sites is 1. The molecule has 1 amide bonds. The van der Waals surface area contributed by atoms with E-state index >= 15 is 0 Å². The number of nitrogens with one attached hydrogen (secondary N) is 1. The molecule has 0 atom stereocenters. The number of non-ortho nitro benzene ring substituents is 1. The number of hydrogen-bond donors (Lipinski definition) is 1. The molecule has 0 radical (unpaired) electrons. The molecule has 32 heavy (non-hydrogen) atoms. The summed E-state index contributed by atoms with van der Waals surface area (Å²) in [6.45, 7) is 0.169. The summed E-state index contributed by atoms with van der Waals surface area (Å²) >= 11 is 0. The molecule has 3 aromatic rings. The largest absolute Gasteiger partial charge is 0.497 e. The Hall–Kier alpha value is -4.64. The summed E-state index contributed by atoms with van der Waals surface area (Å²) in [4.78, 5) is 22.9. The first-order chi connectivity index (χ1) is 15.5. The van der Waals surface area contributed by atoms with E-state index in [1.54, 1.807) is 67.8 Å². The van der Waals surface area contributed by atoms with Gasteiger partial charge in [-0.25, -0.2) is 0 Å². The van der Waals surface area contributed by atoms with Gasteiger partial charge in [-0.1, -0.05) is 18.2 Å². The van der Waals surface area contributed by atoms with Crippen molar-refractivity contribution in [3.8, 4) is 17.6 Å². The van der Waals surface area contributed by atoms with Crippen molar-refractivity contribution in [1.29, 1.82) is 5.26 Å². The summed E-state index contributed by atoms with van der Waals surface area (Å²) in [6.07, 6.45) is 1.45. The number of amides is 1. The first-order valence-corrected chi connectivity index (χ1v) is 9.52. The van der Waals surface area contributed by atoms with Crippen molar-refractivity contribution in [2.75, 3.05) is 12.4 Å². The normalized spacial score (nSPS) is 10.7. The van der Waals surface area contributed by atoms with Crippen molar-refractivity contribution >= 4 is 23.4 Å². The molecule has 1 N–H and O–H groups in total. The van der Waals surface area contributed by atoms with E-state index in [1.807, 2.05) is 6.07 Å². The summed E-state index contributed by atoms with van der Waals surface area (Å²) < 4.78 is 10.9. The smallest absolute Gasteiger partial charge is 0.269 e. The molecule has 0 bridgehead atoms. The molecular formula is C24H19N3O5. The molecule has 0 aromatic heterocycles. The average molecular weight is 429 g/mol. The zero-order chi connectivity index (χ0) is 22.9. The van der Waals surface area contributed by atoms with Crippen LogP contribution >= 0.6 is 0 Å². The lowest BCUT2D eigenvalue weighted by Crippen LogP contribution is -2.13. The number of nitro groups is 1. The molecule has 160 valence electrons. The van der Waals surface area contributed by atoms with Crippen LogP contribution in [-0.4, -0.2) is 17.9 Å². The molecule has 0 saturated heterocycles. The molecule has 0 heterocycles. The Morgan fingerprint density at radius 2 is 1.78 bits per heavy atom. The standard InChI is InChI=1S/C24H19N3O5/c1-31-22-12-8-20(9-13-22)26-24(28)19(15-25)14-18-4-2-3-5-23(18)32-16-17-6-10-21(11-7-17)27(29)30/h2-14H,16H2,1H3,(H,26,28)/b19-14+. The van der Waals surface area contributed by atoms with Gasteiger partial charge in [-0.2, -0.15) is 5.26 Å². The van der Waals surface area contributed by atoms with E-state index in [-0.39, 0.29) is 17.9 Å². The van der Waals surface area contributed by atoms with Gasteiger partial charge < -0.3 is 14.8 Å². The number of carbonyl (C=O) groups excluding carboxylic acids is 1. The minimum absolute atomic E-state index is 0.00128. The molecule has 0 aliphatic heterocycles. The fourth-order valence-corrected chi connectivity index (χ4v) is 2.78. The minimum atomic E-state index is -0.553. The number of rotatable bonds is 8. The van der Waals surface area contributed by atoms with E-state index in [2.05, 4.69) is 5.32 Å². The molecule has 0 unspecified atom stereocenters. The van der Waals surface area contributed by atoms with E-state index in [9.17, 15) is 20.2 Å². The summed E-state index contributed by atoms with van der Waals surface area (Å²) in [7, 11) is 1.55. The van der Waals surface area contributed by atoms with Gasteiger partial charge in [0, 0.05) is 23.4 Å². The second-order valence-corrected chi connectivity index (χ2v) is 6.60. The van der Waals surface area contributed by atoms with E-state index in [0.717, 1.165) is 5.56 Å². The van der Waals surface area contributed by atoms with Crippen molar-refractivity contribution in [3.05, 3.63) is 99.6 Å². The SMILES string of the molecule is COc1ccc(NC(=O)/C(C#N)=C/c2ccccc2OCc2ccc([N+](=O)[O-])cc2)cc1. The number of nitrogens with zero attached hydrogens (tertiary/aromatic N) is 2. The number of nitro benzene ring substituents is 1. The van der Waals surface area contributed by atoms with Gasteiger partial charge in [0.15, 0.2) is 0 Å². The number of nitriles is 1. The maximum atomic E-state index is 12.6. The third kappa shape index (κ3) is 5.70. The van der Waals surface area contributed by atoms with Crippen LogP contribution in [0.3, 0.4) is 0 Å². The van der Waals surface area contributed by atoms with Crippen LogP contribution in [0.5, 0.6) is 11.5 Å². The average Bonchev–Trinajstić information content (AvgIpc) is 2.82. The molecular weight excluding hydrogens is 410 g/mol. The molecule has 3 rings (SSSR count). The number of benzene rings is 3. The predicted molar refractivity (Wildman–Crippen MR) is 119 cm³/mol. The quantitative estimate of drug-likeness (QED) is 0.240. The highest BCUT2D eigenvalue weighted by Crippen LogP contribution is 2.23. The van der Waals surface area contributed by atoms with Crippen LogP contribution in [0.25, 0.3) is 6.08 Å². The summed E-state index contributed by atoms with van der Waals surface area (Å²) in [5, 5.41) is 22.9. The first kappa shape index (κ1) is 22.1.